The number of carbonyl (C=O) groups is 1. The van der Waals surface area contributed by atoms with Crippen molar-refractivity contribution in [3.63, 3.8) is 0 Å². The van der Waals surface area contributed by atoms with E-state index in [0.29, 0.717) is 5.69 Å². The molecule has 4 nitrogen and oxygen atoms in total. The monoisotopic (exact) mass is 314 g/mol. The third-order valence-corrected chi connectivity index (χ3v) is 4.53. The fourth-order valence-electron chi connectivity index (χ4n) is 2.47. The number of aromatic amines is 1. The van der Waals surface area contributed by atoms with Gasteiger partial charge in [-0.15, -0.1) is 0 Å². The quantitative estimate of drug-likeness (QED) is 0.900. The first-order valence-electron chi connectivity index (χ1n) is 6.34. The van der Waals surface area contributed by atoms with Crippen LogP contribution in [-0.4, -0.2) is 40.6 Å². The second-order valence-electron chi connectivity index (χ2n) is 5.04. The van der Waals surface area contributed by atoms with Crippen molar-refractivity contribution in [3.8, 4) is 0 Å². The van der Waals surface area contributed by atoms with Crippen LogP contribution in [0.15, 0.2) is 16.7 Å². The summed E-state index contributed by atoms with van der Waals surface area (Å²) in [4.78, 5) is 17.0. The maximum absolute atomic E-state index is 12.2. The van der Waals surface area contributed by atoms with E-state index < -0.39 is 0 Å². The molecule has 1 amide bonds. The standard InChI is InChI=1S/C13H19BrN2O2/c1-2-13(9-17)3-5-16(6-4-13)12(18)11-7-10(14)8-15-11/h7-8,15,17H,2-6,9H2,1H3. The summed E-state index contributed by atoms with van der Waals surface area (Å²) < 4.78 is 0.890. The third-order valence-electron chi connectivity index (χ3n) is 4.07. The van der Waals surface area contributed by atoms with Crippen molar-refractivity contribution in [2.24, 2.45) is 5.41 Å². The van der Waals surface area contributed by atoms with Gasteiger partial charge in [0.1, 0.15) is 5.69 Å². The van der Waals surface area contributed by atoms with E-state index in [1.807, 2.05) is 4.90 Å². The van der Waals surface area contributed by atoms with Gasteiger partial charge in [0.05, 0.1) is 0 Å². The minimum Gasteiger partial charge on any atom is -0.396 e. The number of hydrogen-bond acceptors (Lipinski definition) is 2. The Bertz CT molecular complexity index is 416. The van der Waals surface area contributed by atoms with Crippen LogP contribution in [0.1, 0.15) is 36.7 Å². The van der Waals surface area contributed by atoms with Gasteiger partial charge in [-0.1, -0.05) is 6.92 Å². The summed E-state index contributed by atoms with van der Waals surface area (Å²) in [6, 6.07) is 1.80. The Balaban J connectivity index is 1.99. The van der Waals surface area contributed by atoms with Crippen LogP contribution in [0, 0.1) is 5.41 Å². The number of nitrogens with zero attached hydrogens (tertiary/aromatic N) is 1. The molecule has 0 atom stereocenters. The zero-order valence-corrected chi connectivity index (χ0v) is 12.2. The summed E-state index contributed by atoms with van der Waals surface area (Å²) in [5.41, 5.74) is 0.641. The highest BCUT2D eigenvalue weighted by atomic mass is 79.9. The largest absolute Gasteiger partial charge is 0.396 e. The Hall–Kier alpha value is -0.810. The number of rotatable bonds is 3. The summed E-state index contributed by atoms with van der Waals surface area (Å²) in [6.07, 6.45) is 4.50. The summed E-state index contributed by atoms with van der Waals surface area (Å²) >= 11 is 3.33. The molecule has 0 saturated carbocycles. The normalized spacial score (nSPS) is 18.9. The summed E-state index contributed by atoms with van der Waals surface area (Å²) in [5, 5.41) is 9.47. The Morgan fingerprint density at radius 3 is 2.67 bits per heavy atom. The molecule has 2 heterocycles. The Morgan fingerprint density at radius 1 is 1.56 bits per heavy atom. The molecule has 0 aromatic carbocycles. The van der Waals surface area contributed by atoms with Gasteiger partial charge in [0, 0.05) is 30.4 Å². The Morgan fingerprint density at radius 2 is 2.22 bits per heavy atom. The van der Waals surface area contributed by atoms with Crippen molar-refractivity contribution < 1.29 is 9.90 Å². The van der Waals surface area contributed by atoms with E-state index in [9.17, 15) is 9.90 Å². The number of aliphatic hydroxyl groups excluding tert-OH is 1. The van der Waals surface area contributed by atoms with E-state index in [0.717, 1.165) is 36.8 Å². The average Bonchev–Trinajstić information content (AvgIpc) is 2.85. The number of piperidine rings is 1. The first-order valence-corrected chi connectivity index (χ1v) is 7.13. The predicted octanol–water partition coefficient (Wildman–Crippen LogP) is 2.40. The van der Waals surface area contributed by atoms with Gasteiger partial charge in [-0.25, -0.2) is 0 Å². The first kappa shape index (κ1) is 13.6. The highest BCUT2D eigenvalue weighted by Crippen LogP contribution is 2.34. The molecule has 1 aromatic heterocycles. The second kappa shape index (κ2) is 5.45. The highest BCUT2D eigenvalue weighted by Gasteiger charge is 2.34. The molecule has 0 radical (unpaired) electrons. The van der Waals surface area contributed by atoms with E-state index >= 15 is 0 Å². The van der Waals surface area contributed by atoms with Crippen LogP contribution < -0.4 is 0 Å². The van der Waals surface area contributed by atoms with Gasteiger partial charge in [0.15, 0.2) is 0 Å². The van der Waals surface area contributed by atoms with Crippen molar-refractivity contribution in [1.82, 2.24) is 9.88 Å². The smallest absolute Gasteiger partial charge is 0.270 e. The minimum atomic E-state index is 0.0209. The molecule has 1 aliphatic heterocycles. The highest BCUT2D eigenvalue weighted by molar-refractivity contribution is 9.10. The zero-order valence-electron chi connectivity index (χ0n) is 10.6. The predicted molar refractivity (Wildman–Crippen MR) is 73.4 cm³/mol. The van der Waals surface area contributed by atoms with Crippen LogP contribution in [0.5, 0.6) is 0 Å². The van der Waals surface area contributed by atoms with E-state index in [-0.39, 0.29) is 17.9 Å². The maximum atomic E-state index is 12.2. The van der Waals surface area contributed by atoms with Crippen LogP contribution >= 0.6 is 15.9 Å². The molecule has 18 heavy (non-hydrogen) atoms. The molecule has 0 spiro atoms. The van der Waals surface area contributed by atoms with Gasteiger partial charge in [0.25, 0.3) is 5.91 Å². The summed E-state index contributed by atoms with van der Waals surface area (Å²) in [5.74, 6) is 0.0448. The summed E-state index contributed by atoms with van der Waals surface area (Å²) in [6.45, 7) is 3.78. The van der Waals surface area contributed by atoms with Crippen LogP contribution in [0.3, 0.4) is 0 Å². The Kier molecular flexibility index (Phi) is 4.12. The van der Waals surface area contributed by atoms with Crippen molar-refractivity contribution in [1.29, 1.82) is 0 Å². The number of aromatic nitrogens is 1. The molecule has 1 aliphatic rings. The lowest BCUT2D eigenvalue weighted by atomic mass is 9.77. The molecular formula is C13H19BrN2O2. The molecule has 0 bridgehead atoms. The van der Waals surface area contributed by atoms with Crippen LogP contribution in [-0.2, 0) is 0 Å². The van der Waals surface area contributed by atoms with Gasteiger partial charge >= 0.3 is 0 Å². The molecule has 2 N–H and O–H groups in total. The molecule has 1 saturated heterocycles. The number of halogens is 1. The third kappa shape index (κ3) is 2.62. The molecule has 2 rings (SSSR count). The average molecular weight is 315 g/mol. The molecule has 5 heteroatoms. The number of likely N-dealkylation sites (tertiary alicyclic amines) is 1. The number of H-pyrrole nitrogens is 1. The van der Waals surface area contributed by atoms with Gasteiger partial charge < -0.3 is 15.0 Å². The van der Waals surface area contributed by atoms with Crippen molar-refractivity contribution in [3.05, 3.63) is 22.4 Å². The molecule has 1 fully saturated rings. The lowest BCUT2D eigenvalue weighted by molar-refractivity contribution is 0.0335. The van der Waals surface area contributed by atoms with Crippen LogP contribution in [0.2, 0.25) is 0 Å². The second-order valence-corrected chi connectivity index (χ2v) is 5.95. The SMILES string of the molecule is CCC1(CO)CCN(C(=O)c2cc(Br)c[nH]2)CC1. The lowest BCUT2D eigenvalue weighted by Crippen LogP contribution is -2.44. The minimum absolute atomic E-state index is 0.0209. The first-order chi connectivity index (χ1) is 8.60. The molecular weight excluding hydrogens is 296 g/mol. The van der Waals surface area contributed by atoms with Gasteiger partial charge in [-0.3, -0.25) is 4.79 Å². The van der Waals surface area contributed by atoms with E-state index in [1.165, 1.54) is 0 Å². The maximum Gasteiger partial charge on any atom is 0.270 e. The molecule has 0 unspecified atom stereocenters. The molecule has 100 valence electrons. The van der Waals surface area contributed by atoms with Gasteiger partial charge in [-0.05, 0) is 46.7 Å². The van der Waals surface area contributed by atoms with Crippen molar-refractivity contribution >= 4 is 21.8 Å². The Labute approximate surface area is 116 Å². The fraction of sp³-hybridized carbons (Fsp3) is 0.615. The number of nitrogens with one attached hydrogen (secondary N) is 1. The van der Waals surface area contributed by atoms with Crippen LogP contribution in [0.4, 0.5) is 0 Å². The van der Waals surface area contributed by atoms with Gasteiger partial charge in [0.2, 0.25) is 0 Å². The van der Waals surface area contributed by atoms with E-state index in [1.54, 1.807) is 12.3 Å². The van der Waals surface area contributed by atoms with E-state index in [4.69, 9.17) is 0 Å². The van der Waals surface area contributed by atoms with Crippen molar-refractivity contribution in [2.45, 2.75) is 26.2 Å². The van der Waals surface area contributed by atoms with Crippen LogP contribution in [0.25, 0.3) is 0 Å². The zero-order chi connectivity index (χ0) is 13.2. The number of amides is 1. The van der Waals surface area contributed by atoms with E-state index in [2.05, 4.69) is 27.8 Å². The number of carbonyl (C=O) groups excluding carboxylic acids is 1. The van der Waals surface area contributed by atoms with Gasteiger partial charge in [-0.2, -0.15) is 0 Å². The number of aliphatic hydroxyl groups is 1. The topological polar surface area (TPSA) is 56.3 Å². The van der Waals surface area contributed by atoms with Crippen molar-refractivity contribution in [2.75, 3.05) is 19.7 Å². The fourth-order valence-corrected chi connectivity index (χ4v) is 2.81. The number of hydrogen-bond donors (Lipinski definition) is 2. The molecule has 1 aromatic rings. The summed E-state index contributed by atoms with van der Waals surface area (Å²) in [7, 11) is 0. The molecule has 0 aliphatic carbocycles. The lowest BCUT2D eigenvalue weighted by Gasteiger charge is -2.40.